The van der Waals surface area contributed by atoms with Gasteiger partial charge in [-0.2, -0.15) is 10.4 Å². The van der Waals surface area contributed by atoms with Crippen molar-refractivity contribution < 1.29 is 14.2 Å². The van der Waals surface area contributed by atoms with E-state index < -0.39 is 5.60 Å². The average Bonchev–Trinajstić information content (AvgIpc) is 3.73. The molecule has 2 aromatic heterocycles. The fourth-order valence-electron chi connectivity index (χ4n) is 8.07. The van der Waals surface area contributed by atoms with Crippen molar-refractivity contribution in [3.63, 3.8) is 0 Å². The highest BCUT2D eigenvalue weighted by molar-refractivity contribution is 6.32. The Morgan fingerprint density at radius 2 is 1.89 bits per heavy atom. The molecule has 1 N–H and O–H groups in total. The monoisotopic (exact) mass is 766 g/mol. The first kappa shape index (κ1) is 38.1. The van der Waals surface area contributed by atoms with Gasteiger partial charge in [-0.1, -0.05) is 66.9 Å². The highest BCUT2D eigenvalue weighted by atomic mass is 35.5. The molecule has 0 amide bonds. The second kappa shape index (κ2) is 17.5. The van der Waals surface area contributed by atoms with Gasteiger partial charge < -0.3 is 19.1 Å². The standard InChI is InChI=1S/C43H48Cl2N6O3/c1-30-35(36-10-3-4-12-37(36)44)11-7-15-43(30,54-28-31-9-8-17-50(2)25-31)29-53-42-21-41(52-27-33-19-32(22-46)23-47-24-33)34(20-38(42)45)26-51-18-6-5-13-40(51)39-14-16-48-49-39/h3-4,7,10-12,14-16,19-21,23-24,30-31,40H,5-6,8-9,13,17-18,25-29H2,1-2H3,(H,48,49). The Balaban J connectivity index is 1.18. The molecule has 0 bridgehead atoms. The van der Waals surface area contributed by atoms with Gasteiger partial charge >= 0.3 is 0 Å². The van der Waals surface area contributed by atoms with Crippen molar-refractivity contribution in [1.29, 1.82) is 5.26 Å². The molecule has 2 aliphatic heterocycles. The zero-order valence-corrected chi connectivity index (χ0v) is 32.5. The molecule has 54 heavy (non-hydrogen) atoms. The molecular weight excluding hydrogens is 719 g/mol. The normalized spacial score (nSPS) is 23.5. The predicted molar refractivity (Wildman–Crippen MR) is 212 cm³/mol. The van der Waals surface area contributed by atoms with Crippen LogP contribution in [0.1, 0.15) is 73.0 Å². The molecule has 0 spiro atoms. The smallest absolute Gasteiger partial charge is 0.141 e. The van der Waals surface area contributed by atoms with E-state index in [1.54, 1.807) is 18.5 Å². The number of likely N-dealkylation sites (tertiary alicyclic amines) is 2. The fraction of sp³-hybridized carbons (Fsp3) is 0.419. The topological polar surface area (TPSA) is 99.5 Å². The molecule has 4 heterocycles. The third-order valence-corrected chi connectivity index (χ3v) is 11.7. The van der Waals surface area contributed by atoms with E-state index in [-0.39, 0.29) is 25.2 Å². The third kappa shape index (κ3) is 8.86. The summed E-state index contributed by atoms with van der Waals surface area (Å²) >= 11 is 13.9. The summed E-state index contributed by atoms with van der Waals surface area (Å²) in [5, 5.41) is 18.2. The van der Waals surface area contributed by atoms with Crippen molar-refractivity contribution in [1.82, 2.24) is 25.0 Å². The molecule has 2 fully saturated rings. The summed E-state index contributed by atoms with van der Waals surface area (Å²) in [5.74, 6) is 1.52. The van der Waals surface area contributed by atoms with Crippen molar-refractivity contribution in [3.05, 3.63) is 123 Å². The van der Waals surface area contributed by atoms with Crippen LogP contribution < -0.4 is 9.47 Å². The first-order valence-corrected chi connectivity index (χ1v) is 19.7. The number of aromatic amines is 1. The molecule has 0 radical (unpaired) electrons. The highest BCUT2D eigenvalue weighted by Crippen LogP contribution is 2.43. The van der Waals surface area contributed by atoms with Crippen LogP contribution >= 0.6 is 23.2 Å². The van der Waals surface area contributed by atoms with Crippen LogP contribution in [0.5, 0.6) is 11.5 Å². The largest absolute Gasteiger partial charge is 0.489 e. The van der Waals surface area contributed by atoms with Crippen LogP contribution in [0.4, 0.5) is 0 Å². The van der Waals surface area contributed by atoms with E-state index >= 15 is 0 Å². The number of hydrogen-bond donors (Lipinski definition) is 1. The van der Waals surface area contributed by atoms with Crippen molar-refractivity contribution in [2.75, 3.05) is 39.9 Å². The third-order valence-electron chi connectivity index (χ3n) is 11.1. The minimum atomic E-state index is -0.781. The van der Waals surface area contributed by atoms with Gasteiger partial charge in [-0.05, 0) is 93.2 Å². The molecule has 2 aromatic carbocycles. The number of nitrogens with one attached hydrogen (secondary N) is 1. The molecule has 4 unspecified atom stereocenters. The summed E-state index contributed by atoms with van der Waals surface area (Å²) in [6, 6.07) is 18.0. The maximum atomic E-state index is 9.47. The van der Waals surface area contributed by atoms with Crippen LogP contribution in [-0.2, 0) is 17.9 Å². The van der Waals surface area contributed by atoms with Gasteiger partial charge in [-0.25, -0.2) is 0 Å². The maximum Gasteiger partial charge on any atom is 0.141 e. The SMILES string of the molecule is CC1C(c2ccccc2Cl)=CC=CC1(COc1cc(OCc2cncc(C#N)c2)c(CN2CCCCC2c2cc[nH]n2)cc1Cl)OCC1CCCN(C)C1. The summed E-state index contributed by atoms with van der Waals surface area (Å²) in [6.07, 6.45) is 17.0. The molecule has 0 saturated carbocycles. The Labute approximate surface area is 328 Å². The zero-order valence-electron chi connectivity index (χ0n) is 31.0. The molecule has 1 aliphatic carbocycles. The van der Waals surface area contributed by atoms with Crippen LogP contribution in [0.25, 0.3) is 5.57 Å². The zero-order chi connectivity index (χ0) is 37.5. The predicted octanol–water partition coefficient (Wildman–Crippen LogP) is 9.05. The number of piperidine rings is 2. The number of rotatable bonds is 13. The number of pyridine rings is 1. The maximum absolute atomic E-state index is 9.47. The number of hydrogen-bond acceptors (Lipinski definition) is 8. The summed E-state index contributed by atoms with van der Waals surface area (Å²) < 4.78 is 20.3. The molecule has 2 saturated heterocycles. The lowest BCUT2D eigenvalue weighted by Gasteiger charge is -2.41. The van der Waals surface area contributed by atoms with E-state index in [4.69, 9.17) is 37.4 Å². The summed E-state index contributed by atoms with van der Waals surface area (Å²) in [4.78, 5) is 9.06. The van der Waals surface area contributed by atoms with E-state index in [9.17, 15) is 5.26 Å². The number of benzene rings is 2. The van der Waals surface area contributed by atoms with Crippen molar-refractivity contribution in [2.24, 2.45) is 11.8 Å². The lowest BCUT2D eigenvalue weighted by Crippen LogP contribution is -2.47. The Hall–Kier alpha value is -4.17. The van der Waals surface area contributed by atoms with Crippen molar-refractivity contribution in [3.8, 4) is 17.6 Å². The van der Waals surface area contributed by atoms with E-state index in [1.165, 1.54) is 0 Å². The van der Waals surface area contributed by atoms with Crippen LogP contribution in [0.3, 0.4) is 0 Å². The minimum Gasteiger partial charge on any atom is -0.489 e. The van der Waals surface area contributed by atoms with E-state index in [0.717, 1.165) is 79.7 Å². The Kier molecular flexibility index (Phi) is 12.4. The Bertz CT molecular complexity index is 2000. The van der Waals surface area contributed by atoms with Gasteiger partial charge in [-0.15, -0.1) is 0 Å². The van der Waals surface area contributed by atoms with E-state index in [2.05, 4.69) is 75.4 Å². The molecule has 3 aliphatic rings. The molecule has 4 atom stereocenters. The van der Waals surface area contributed by atoms with Gasteiger partial charge in [0, 0.05) is 59.8 Å². The van der Waals surface area contributed by atoms with Gasteiger partial charge in [0.05, 0.1) is 28.9 Å². The van der Waals surface area contributed by atoms with Crippen molar-refractivity contribution in [2.45, 2.75) is 63.8 Å². The van der Waals surface area contributed by atoms with Crippen LogP contribution in [0, 0.1) is 23.2 Å². The Morgan fingerprint density at radius 1 is 1.00 bits per heavy atom. The highest BCUT2D eigenvalue weighted by Gasteiger charge is 2.41. The van der Waals surface area contributed by atoms with Gasteiger partial charge in [0.15, 0.2) is 0 Å². The van der Waals surface area contributed by atoms with Gasteiger partial charge in [0.2, 0.25) is 0 Å². The number of allylic oxidation sites excluding steroid dienone is 2. The Morgan fingerprint density at radius 3 is 2.70 bits per heavy atom. The quantitative estimate of drug-likeness (QED) is 0.144. The number of nitrogens with zero attached hydrogens (tertiary/aromatic N) is 5. The lowest BCUT2D eigenvalue weighted by atomic mass is 9.77. The number of ether oxygens (including phenoxy) is 3. The number of aromatic nitrogens is 3. The van der Waals surface area contributed by atoms with Crippen LogP contribution in [-0.4, -0.2) is 70.5 Å². The van der Waals surface area contributed by atoms with E-state index in [1.807, 2.05) is 36.5 Å². The first-order chi connectivity index (χ1) is 26.3. The molecular formula is C43H48Cl2N6O3. The van der Waals surface area contributed by atoms with Gasteiger partial charge in [0.1, 0.15) is 36.4 Å². The average molecular weight is 768 g/mol. The number of H-pyrrole nitrogens is 1. The molecule has 9 nitrogen and oxygen atoms in total. The first-order valence-electron chi connectivity index (χ1n) is 18.9. The summed E-state index contributed by atoms with van der Waals surface area (Å²) in [7, 11) is 2.18. The number of nitriles is 1. The molecule has 7 rings (SSSR count). The van der Waals surface area contributed by atoms with E-state index in [0.29, 0.717) is 46.2 Å². The van der Waals surface area contributed by atoms with Crippen LogP contribution in [0.2, 0.25) is 10.0 Å². The molecule has 11 heteroatoms. The second-order valence-corrected chi connectivity index (χ2v) is 15.7. The molecule has 282 valence electrons. The van der Waals surface area contributed by atoms with Gasteiger partial charge in [0.25, 0.3) is 0 Å². The summed E-state index contributed by atoms with van der Waals surface area (Å²) in [5.41, 5.74) is 4.56. The van der Waals surface area contributed by atoms with Crippen LogP contribution in [0.15, 0.2) is 85.3 Å². The summed E-state index contributed by atoms with van der Waals surface area (Å²) in [6.45, 7) is 6.93. The lowest BCUT2D eigenvalue weighted by molar-refractivity contribution is -0.0788. The van der Waals surface area contributed by atoms with Crippen molar-refractivity contribution >= 4 is 28.8 Å². The second-order valence-electron chi connectivity index (χ2n) is 14.9. The fourth-order valence-corrected chi connectivity index (χ4v) is 8.56. The minimum absolute atomic E-state index is 0.0736. The number of halogens is 2. The van der Waals surface area contributed by atoms with Gasteiger partial charge in [-0.3, -0.25) is 15.0 Å². The molecule has 4 aromatic rings.